The van der Waals surface area contributed by atoms with Crippen LogP contribution in [0.3, 0.4) is 0 Å². The lowest BCUT2D eigenvalue weighted by Gasteiger charge is -2.18. The third-order valence-corrected chi connectivity index (χ3v) is 5.19. The van der Waals surface area contributed by atoms with E-state index in [0.717, 1.165) is 16.9 Å². The van der Waals surface area contributed by atoms with Gasteiger partial charge in [0.25, 0.3) is 0 Å². The second-order valence-corrected chi connectivity index (χ2v) is 7.45. The fourth-order valence-electron chi connectivity index (χ4n) is 3.15. The second kappa shape index (κ2) is 13.0. The molecule has 6 nitrogen and oxygen atoms in total. The van der Waals surface area contributed by atoms with Crippen LogP contribution in [0.4, 0.5) is 0 Å². The van der Waals surface area contributed by atoms with Gasteiger partial charge in [0, 0.05) is 38.3 Å². The van der Waals surface area contributed by atoms with Crippen molar-refractivity contribution in [3.8, 4) is 11.6 Å². The van der Waals surface area contributed by atoms with E-state index in [1.807, 2.05) is 60.7 Å². The third-order valence-electron chi connectivity index (χ3n) is 5.19. The van der Waals surface area contributed by atoms with Crippen LogP contribution in [0.2, 0.25) is 0 Å². The Bertz CT molecular complexity index is 1010. The molecule has 0 aliphatic heterocycles. The summed E-state index contributed by atoms with van der Waals surface area (Å²) in [5.74, 6) is 1.99. The van der Waals surface area contributed by atoms with Crippen molar-refractivity contribution in [3.05, 3.63) is 89.1 Å². The van der Waals surface area contributed by atoms with Gasteiger partial charge in [0.15, 0.2) is 5.96 Å². The molecule has 7 heteroatoms. The number of aryl methyl sites for hydroxylation is 2. The molecule has 0 spiro atoms. The molecule has 1 heterocycles. The number of nitrogens with zero attached hydrogens (tertiary/aromatic N) is 2. The first kappa shape index (κ1) is 25.6. The van der Waals surface area contributed by atoms with Crippen molar-refractivity contribution in [2.75, 3.05) is 20.2 Å². The molecule has 32 heavy (non-hydrogen) atoms. The zero-order chi connectivity index (χ0) is 22.1. The molecule has 0 saturated carbocycles. The van der Waals surface area contributed by atoms with E-state index < -0.39 is 0 Å². The van der Waals surface area contributed by atoms with Gasteiger partial charge in [-0.15, -0.1) is 24.0 Å². The second-order valence-electron chi connectivity index (χ2n) is 7.45. The minimum atomic E-state index is -0.00126. The minimum Gasteiger partial charge on any atom is -0.439 e. The number of guanidine groups is 1. The Kier molecular flexibility index (Phi) is 10.4. The van der Waals surface area contributed by atoms with E-state index in [1.165, 1.54) is 11.1 Å². The highest BCUT2D eigenvalue weighted by Gasteiger charge is 2.11. The van der Waals surface area contributed by atoms with Crippen LogP contribution in [0.1, 0.15) is 28.2 Å². The number of ether oxygens (including phenoxy) is 1. The lowest BCUT2D eigenvalue weighted by Crippen LogP contribution is -2.39. The summed E-state index contributed by atoms with van der Waals surface area (Å²) in [4.78, 5) is 8.59. The van der Waals surface area contributed by atoms with Crippen LogP contribution >= 0.6 is 24.0 Å². The fourth-order valence-corrected chi connectivity index (χ4v) is 3.15. The monoisotopic (exact) mass is 546 g/mol. The van der Waals surface area contributed by atoms with Gasteiger partial charge in [0.05, 0.1) is 6.61 Å². The number of aliphatic imine (C=N–C) groups is 1. The van der Waals surface area contributed by atoms with Crippen LogP contribution in [0.25, 0.3) is 0 Å². The first-order valence-corrected chi connectivity index (χ1v) is 10.4. The Morgan fingerprint density at radius 3 is 2.50 bits per heavy atom. The van der Waals surface area contributed by atoms with Crippen LogP contribution in [-0.4, -0.2) is 36.2 Å². The molecule has 0 fully saturated rings. The molecule has 0 aliphatic carbocycles. The number of halogens is 1. The number of pyridine rings is 1. The van der Waals surface area contributed by atoms with E-state index in [2.05, 4.69) is 34.5 Å². The zero-order valence-corrected chi connectivity index (χ0v) is 21.0. The fraction of sp³-hybridized carbons (Fsp3) is 0.280. The van der Waals surface area contributed by atoms with Gasteiger partial charge < -0.3 is 20.5 Å². The summed E-state index contributed by atoms with van der Waals surface area (Å²) in [6, 6.07) is 19.8. The van der Waals surface area contributed by atoms with Crippen molar-refractivity contribution in [2.45, 2.75) is 26.3 Å². The first-order chi connectivity index (χ1) is 15.1. The Morgan fingerprint density at radius 2 is 1.81 bits per heavy atom. The van der Waals surface area contributed by atoms with Crippen molar-refractivity contribution in [1.29, 1.82) is 0 Å². The Balaban J connectivity index is 0.00000363. The highest BCUT2D eigenvalue weighted by atomic mass is 127. The van der Waals surface area contributed by atoms with Crippen molar-refractivity contribution in [3.63, 3.8) is 0 Å². The van der Waals surface area contributed by atoms with Crippen molar-refractivity contribution in [1.82, 2.24) is 15.6 Å². The molecule has 1 unspecified atom stereocenters. The molecule has 1 atom stereocenters. The van der Waals surface area contributed by atoms with Crippen LogP contribution in [0.15, 0.2) is 71.9 Å². The number of aliphatic hydroxyl groups is 1. The summed E-state index contributed by atoms with van der Waals surface area (Å²) in [7, 11) is 1.73. The highest BCUT2D eigenvalue weighted by Crippen LogP contribution is 2.22. The number of nitrogens with one attached hydrogen (secondary N) is 2. The van der Waals surface area contributed by atoms with E-state index in [4.69, 9.17) is 4.74 Å². The van der Waals surface area contributed by atoms with Crippen LogP contribution in [0.5, 0.6) is 11.6 Å². The van der Waals surface area contributed by atoms with Crippen molar-refractivity contribution < 1.29 is 9.84 Å². The Labute approximate surface area is 207 Å². The first-order valence-electron chi connectivity index (χ1n) is 10.4. The maximum Gasteiger partial charge on any atom is 0.219 e. The molecule has 1 aromatic heterocycles. The summed E-state index contributed by atoms with van der Waals surface area (Å²) < 4.78 is 5.92. The van der Waals surface area contributed by atoms with E-state index in [0.29, 0.717) is 24.9 Å². The lowest BCUT2D eigenvalue weighted by atomic mass is 10.0. The predicted octanol–water partition coefficient (Wildman–Crippen LogP) is 4.55. The quantitative estimate of drug-likeness (QED) is 0.220. The number of hydrogen-bond acceptors (Lipinski definition) is 4. The maximum atomic E-state index is 9.74. The van der Waals surface area contributed by atoms with Gasteiger partial charge in [-0.1, -0.05) is 36.4 Å². The van der Waals surface area contributed by atoms with Gasteiger partial charge in [-0.2, -0.15) is 0 Å². The summed E-state index contributed by atoms with van der Waals surface area (Å²) >= 11 is 0. The van der Waals surface area contributed by atoms with Crippen LogP contribution < -0.4 is 15.4 Å². The topological polar surface area (TPSA) is 78.8 Å². The Hall–Kier alpha value is -2.65. The minimum absolute atomic E-state index is 0. The van der Waals surface area contributed by atoms with Gasteiger partial charge in [-0.05, 0) is 54.3 Å². The van der Waals surface area contributed by atoms with Gasteiger partial charge in [0.1, 0.15) is 5.75 Å². The molecule has 3 rings (SSSR count). The molecule has 3 aromatic rings. The highest BCUT2D eigenvalue weighted by molar-refractivity contribution is 14.0. The average molecular weight is 546 g/mol. The molecule has 0 radical (unpaired) electrons. The van der Waals surface area contributed by atoms with Gasteiger partial charge in [-0.3, -0.25) is 4.99 Å². The van der Waals surface area contributed by atoms with Gasteiger partial charge >= 0.3 is 0 Å². The summed E-state index contributed by atoms with van der Waals surface area (Å²) in [5.41, 5.74) is 4.53. The molecular formula is C25H31IN4O2. The molecule has 0 saturated heterocycles. The number of aliphatic hydroxyl groups excluding tert-OH is 1. The van der Waals surface area contributed by atoms with Crippen LogP contribution in [-0.2, 0) is 6.54 Å². The largest absolute Gasteiger partial charge is 0.439 e. The summed E-state index contributed by atoms with van der Waals surface area (Å²) in [5, 5.41) is 16.3. The van der Waals surface area contributed by atoms with E-state index in [9.17, 15) is 5.11 Å². The van der Waals surface area contributed by atoms with E-state index >= 15 is 0 Å². The van der Waals surface area contributed by atoms with Crippen molar-refractivity contribution in [2.24, 2.45) is 4.99 Å². The van der Waals surface area contributed by atoms with Gasteiger partial charge in [0.2, 0.25) is 5.88 Å². The molecule has 170 valence electrons. The number of hydrogen-bond donors (Lipinski definition) is 3. The van der Waals surface area contributed by atoms with Gasteiger partial charge in [-0.25, -0.2) is 4.98 Å². The SMILES string of the molecule is CN=C(NCc1ccnc(Oc2ccc(C)c(C)c2)c1)NCC(CO)c1ccccc1.I. The van der Waals surface area contributed by atoms with E-state index in [1.54, 1.807) is 13.2 Å². The molecule has 0 aliphatic rings. The molecule has 2 aromatic carbocycles. The van der Waals surface area contributed by atoms with Crippen LogP contribution in [0, 0.1) is 13.8 Å². The standard InChI is InChI=1S/C25H30N4O2.HI/c1-18-9-10-23(13-19(18)2)31-24-14-20(11-12-27-24)15-28-25(26-3)29-16-22(17-30)21-7-5-4-6-8-21;/h4-14,22,30H,15-17H2,1-3H3,(H2,26,28,29);1H. The summed E-state index contributed by atoms with van der Waals surface area (Å²) in [6.45, 7) is 5.36. The predicted molar refractivity (Wildman–Crippen MR) is 140 cm³/mol. The number of benzene rings is 2. The molecule has 0 bridgehead atoms. The van der Waals surface area contributed by atoms with E-state index in [-0.39, 0.29) is 36.5 Å². The molecule has 0 amide bonds. The smallest absolute Gasteiger partial charge is 0.219 e. The molecular weight excluding hydrogens is 515 g/mol. The average Bonchev–Trinajstić information content (AvgIpc) is 2.79. The normalized spacial score (nSPS) is 11.9. The summed E-state index contributed by atoms with van der Waals surface area (Å²) in [6.07, 6.45) is 1.74. The third kappa shape index (κ3) is 7.49. The van der Waals surface area contributed by atoms with Crippen molar-refractivity contribution >= 4 is 29.9 Å². The Morgan fingerprint density at radius 1 is 1.03 bits per heavy atom. The maximum absolute atomic E-state index is 9.74. The lowest BCUT2D eigenvalue weighted by molar-refractivity contribution is 0.265. The molecule has 3 N–H and O–H groups in total. The zero-order valence-electron chi connectivity index (χ0n) is 18.7. The number of aromatic nitrogens is 1. The number of rotatable bonds is 8.